The quantitative estimate of drug-likeness (QED) is 0.455. The zero-order chi connectivity index (χ0) is 14.5. The van der Waals surface area contributed by atoms with E-state index in [1.165, 1.54) is 6.08 Å². The number of hydrogen-bond acceptors (Lipinski definition) is 3. The van der Waals surface area contributed by atoms with Gasteiger partial charge in [-0.05, 0) is 24.3 Å². The van der Waals surface area contributed by atoms with Gasteiger partial charge in [0, 0.05) is 17.2 Å². The zero-order valence-corrected chi connectivity index (χ0v) is 11.1. The topological polar surface area (TPSA) is 38.7 Å². The predicted molar refractivity (Wildman–Crippen MR) is 80.5 cm³/mol. The Morgan fingerprint density at radius 2 is 1.62 bits per heavy atom. The number of nitrogens with zero attached hydrogens (tertiary/aromatic N) is 1. The molecule has 2 aromatic rings. The monoisotopic (exact) mass is 273 g/mol. The van der Waals surface area contributed by atoms with Gasteiger partial charge in [0.05, 0.1) is 0 Å². The van der Waals surface area contributed by atoms with Crippen molar-refractivity contribution in [1.29, 1.82) is 0 Å². The Morgan fingerprint density at radius 3 is 2.33 bits per heavy atom. The molecule has 1 heterocycles. The molecule has 100 valence electrons. The van der Waals surface area contributed by atoms with Gasteiger partial charge in [0.25, 0.3) is 0 Å². The van der Waals surface area contributed by atoms with E-state index in [2.05, 4.69) is 16.8 Å². The molecule has 0 fully saturated rings. The van der Waals surface area contributed by atoms with Crippen LogP contribution in [0.2, 0.25) is 0 Å². The van der Waals surface area contributed by atoms with Crippen molar-refractivity contribution in [2.24, 2.45) is 4.99 Å². The van der Waals surface area contributed by atoms with Crippen LogP contribution in [0, 0.1) is 11.8 Å². The number of allylic oxidation sites excluding steroid dienone is 1. The molecule has 0 bridgehead atoms. The van der Waals surface area contributed by atoms with Crippen LogP contribution in [0.25, 0.3) is 0 Å². The molecule has 0 aromatic heterocycles. The van der Waals surface area contributed by atoms with E-state index in [1.54, 1.807) is 0 Å². The number of esters is 1. The van der Waals surface area contributed by atoms with E-state index in [1.807, 2.05) is 60.7 Å². The fourth-order valence-corrected chi connectivity index (χ4v) is 1.82. The van der Waals surface area contributed by atoms with E-state index in [-0.39, 0.29) is 5.70 Å². The molecular formula is C18H11NO2. The van der Waals surface area contributed by atoms with E-state index >= 15 is 0 Å². The highest BCUT2D eigenvalue weighted by atomic mass is 16.6. The van der Waals surface area contributed by atoms with Crippen molar-refractivity contribution in [3.05, 3.63) is 83.6 Å². The van der Waals surface area contributed by atoms with Gasteiger partial charge in [-0.2, -0.15) is 0 Å². The van der Waals surface area contributed by atoms with E-state index in [0.29, 0.717) is 5.90 Å². The van der Waals surface area contributed by atoms with Crippen LogP contribution in [0.15, 0.2) is 77.4 Å². The molecule has 3 heteroatoms. The second-order valence-electron chi connectivity index (χ2n) is 4.34. The summed E-state index contributed by atoms with van der Waals surface area (Å²) in [5.41, 5.74) is 1.87. The lowest BCUT2D eigenvalue weighted by Gasteiger charge is -1.96. The van der Waals surface area contributed by atoms with Gasteiger partial charge in [-0.1, -0.05) is 48.2 Å². The molecule has 1 aliphatic rings. The lowest BCUT2D eigenvalue weighted by Crippen LogP contribution is -2.04. The molecule has 21 heavy (non-hydrogen) atoms. The van der Waals surface area contributed by atoms with Gasteiger partial charge in [-0.3, -0.25) is 0 Å². The number of carbonyl (C=O) groups is 1. The SMILES string of the molecule is O=C1OC(c2ccccc2)=N/C1=C\C#Cc1ccccc1. The largest absolute Gasteiger partial charge is 0.402 e. The molecule has 0 aliphatic carbocycles. The minimum absolute atomic E-state index is 0.220. The van der Waals surface area contributed by atoms with E-state index in [9.17, 15) is 4.79 Å². The minimum atomic E-state index is -0.476. The van der Waals surface area contributed by atoms with Gasteiger partial charge in [-0.15, -0.1) is 0 Å². The van der Waals surface area contributed by atoms with Crippen LogP contribution in [-0.2, 0) is 9.53 Å². The van der Waals surface area contributed by atoms with Crippen LogP contribution < -0.4 is 0 Å². The molecular weight excluding hydrogens is 262 g/mol. The Labute approximate surface area is 122 Å². The third kappa shape index (κ3) is 3.07. The van der Waals surface area contributed by atoms with Crippen molar-refractivity contribution in [1.82, 2.24) is 0 Å². The summed E-state index contributed by atoms with van der Waals surface area (Å²) in [5, 5.41) is 0. The number of carbonyl (C=O) groups excluding carboxylic acids is 1. The Kier molecular flexibility index (Phi) is 3.62. The van der Waals surface area contributed by atoms with Gasteiger partial charge in [0.1, 0.15) is 0 Å². The lowest BCUT2D eigenvalue weighted by molar-refractivity contribution is -0.130. The standard InChI is InChI=1S/C18H11NO2/c20-18-16(13-7-10-14-8-3-1-4-9-14)19-17(21-18)15-11-5-2-6-12-15/h1-6,8-9,11-13H/b16-13-. The maximum atomic E-state index is 11.7. The van der Waals surface area contributed by atoms with Crippen molar-refractivity contribution in [3.8, 4) is 11.8 Å². The highest BCUT2D eigenvalue weighted by molar-refractivity contribution is 6.11. The van der Waals surface area contributed by atoms with Crippen molar-refractivity contribution in [3.63, 3.8) is 0 Å². The summed E-state index contributed by atoms with van der Waals surface area (Å²) in [5.74, 6) is 5.61. The van der Waals surface area contributed by atoms with Crippen molar-refractivity contribution in [2.45, 2.75) is 0 Å². The molecule has 0 saturated carbocycles. The summed E-state index contributed by atoms with van der Waals surface area (Å²) in [6.45, 7) is 0. The van der Waals surface area contributed by atoms with Crippen LogP contribution in [-0.4, -0.2) is 11.9 Å². The molecule has 3 rings (SSSR count). The molecule has 0 atom stereocenters. The molecule has 0 amide bonds. The van der Waals surface area contributed by atoms with E-state index in [4.69, 9.17) is 4.74 Å². The second-order valence-corrected chi connectivity index (χ2v) is 4.34. The highest BCUT2D eigenvalue weighted by Crippen LogP contribution is 2.15. The normalized spacial score (nSPS) is 15.1. The summed E-state index contributed by atoms with van der Waals surface area (Å²) in [6, 6.07) is 18.8. The number of cyclic esters (lactones) is 1. The predicted octanol–water partition coefficient (Wildman–Crippen LogP) is 2.93. The first-order valence-electron chi connectivity index (χ1n) is 6.46. The third-order valence-corrected chi connectivity index (χ3v) is 2.84. The third-order valence-electron chi connectivity index (χ3n) is 2.84. The van der Waals surface area contributed by atoms with Crippen molar-refractivity contribution >= 4 is 11.9 Å². The number of aliphatic imine (C=N–C) groups is 1. The fraction of sp³-hybridized carbons (Fsp3) is 0. The van der Waals surface area contributed by atoms with Crippen LogP contribution >= 0.6 is 0 Å². The molecule has 3 nitrogen and oxygen atoms in total. The molecule has 0 N–H and O–H groups in total. The van der Waals surface area contributed by atoms with Crippen LogP contribution in [0.5, 0.6) is 0 Å². The smallest absolute Gasteiger partial charge is 0.364 e. The van der Waals surface area contributed by atoms with Gasteiger partial charge in [0.15, 0.2) is 5.70 Å². The summed E-state index contributed by atoms with van der Waals surface area (Å²) in [4.78, 5) is 15.9. The number of benzene rings is 2. The first-order valence-corrected chi connectivity index (χ1v) is 6.46. The number of hydrogen-bond donors (Lipinski definition) is 0. The molecule has 2 aromatic carbocycles. The second kappa shape index (κ2) is 5.89. The Balaban J connectivity index is 1.83. The van der Waals surface area contributed by atoms with Crippen LogP contribution in [0.3, 0.4) is 0 Å². The van der Waals surface area contributed by atoms with Gasteiger partial charge < -0.3 is 4.74 Å². The van der Waals surface area contributed by atoms with Crippen LogP contribution in [0.4, 0.5) is 0 Å². The summed E-state index contributed by atoms with van der Waals surface area (Å²) < 4.78 is 5.14. The number of ether oxygens (including phenoxy) is 1. The Bertz CT molecular complexity index is 778. The lowest BCUT2D eigenvalue weighted by atomic mass is 10.2. The Morgan fingerprint density at radius 1 is 0.952 bits per heavy atom. The molecule has 1 aliphatic heterocycles. The first kappa shape index (κ1) is 12.9. The average Bonchev–Trinajstić information content (AvgIpc) is 2.91. The molecule has 0 spiro atoms. The maximum Gasteiger partial charge on any atom is 0.364 e. The summed E-state index contributed by atoms with van der Waals surface area (Å²) in [6.07, 6.45) is 1.48. The van der Waals surface area contributed by atoms with Gasteiger partial charge in [0.2, 0.25) is 5.90 Å². The van der Waals surface area contributed by atoms with Gasteiger partial charge in [-0.25, -0.2) is 9.79 Å². The van der Waals surface area contributed by atoms with E-state index < -0.39 is 5.97 Å². The average molecular weight is 273 g/mol. The van der Waals surface area contributed by atoms with Crippen LogP contribution in [0.1, 0.15) is 11.1 Å². The highest BCUT2D eigenvalue weighted by Gasteiger charge is 2.23. The summed E-state index contributed by atoms with van der Waals surface area (Å²) in [7, 11) is 0. The first-order chi connectivity index (χ1) is 10.3. The zero-order valence-electron chi connectivity index (χ0n) is 11.1. The molecule has 0 radical (unpaired) electrons. The minimum Gasteiger partial charge on any atom is -0.402 e. The van der Waals surface area contributed by atoms with Crippen molar-refractivity contribution < 1.29 is 9.53 Å². The summed E-state index contributed by atoms with van der Waals surface area (Å²) >= 11 is 0. The van der Waals surface area contributed by atoms with E-state index in [0.717, 1.165) is 11.1 Å². The maximum absolute atomic E-state index is 11.7. The molecule has 0 unspecified atom stereocenters. The Hall–Kier alpha value is -3.12. The fourth-order valence-electron chi connectivity index (χ4n) is 1.82. The van der Waals surface area contributed by atoms with Crippen molar-refractivity contribution in [2.75, 3.05) is 0 Å². The van der Waals surface area contributed by atoms with Gasteiger partial charge >= 0.3 is 5.97 Å². The number of rotatable bonds is 1. The molecule has 0 saturated heterocycles.